The first-order valence-electron chi connectivity index (χ1n) is 6.67. The summed E-state index contributed by atoms with van der Waals surface area (Å²) in [6, 6.07) is 9.79. The van der Waals surface area contributed by atoms with Crippen molar-refractivity contribution in [1.82, 2.24) is 9.97 Å². The van der Waals surface area contributed by atoms with Gasteiger partial charge in [0, 0.05) is 23.4 Å². The molecule has 1 aromatic carbocycles. The number of Topliss-reactive ketones (excluding diaryl/α,β-unsaturated/α-hetero) is 1. The average Bonchev–Trinajstić information content (AvgIpc) is 3.24. The van der Waals surface area contributed by atoms with E-state index >= 15 is 0 Å². The van der Waals surface area contributed by atoms with E-state index < -0.39 is 0 Å². The van der Waals surface area contributed by atoms with Crippen LogP contribution in [0.3, 0.4) is 0 Å². The molecule has 0 atom stereocenters. The van der Waals surface area contributed by atoms with Gasteiger partial charge in [-0.25, -0.2) is 9.97 Å². The molecule has 0 amide bonds. The number of benzene rings is 1. The molecule has 0 saturated heterocycles. The zero-order valence-corrected chi connectivity index (χ0v) is 11.3. The van der Waals surface area contributed by atoms with Crippen molar-refractivity contribution in [1.29, 1.82) is 0 Å². The largest absolute Gasteiger partial charge is 0.367 e. The highest BCUT2D eigenvalue weighted by molar-refractivity contribution is 5.94. The Morgan fingerprint density at radius 1 is 1.15 bits per heavy atom. The molecule has 5 nitrogen and oxygen atoms in total. The maximum absolute atomic E-state index is 11.2. The molecule has 1 aromatic heterocycles. The lowest BCUT2D eigenvalue weighted by Crippen LogP contribution is -2.04. The Bertz CT molecular complexity index is 620. The highest BCUT2D eigenvalue weighted by Gasteiger charge is 2.21. The molecule has 5 heteroatoms. The summed E-state index contributed by atoms with van der Waals surface area (Å²) in [6.07, 6.45) is 3.95. The van der Waals surface area contributed by atoms with E-state index in [0.29, 0.717) is 11.6 Å². The lowest BCUT2D eigenvalue weighted by atomic mass is 10.1. The number of hydrogen-bond donors (Lipinski definition) is 2. The molecule has 1 aliphatic rings. The van der Waals surface area contributed by atoms with Crippen molar-refractivity contribution in [3.05, 3.63) is 42.2 Å². The summed E-state index contributed by atoms with van der Waals surface area (Å²) in [7, 11) is 0. The van der Waals surface area contributed by atoms with E-state index in [2.05, 4.69) is 20.6 Å². The van der Waals surface area contributed by atoms with Gasteiger partial charge >= 0.3 is 0 Å². The minimum Gasteiger partial charge on any atom is -0.367 e. The van der Waals surface area contributed by atoms with Crippen molar-refractivity contribution in [2.75, 3.05) is 10.6 Å². The van der Waals surface area contributed by atoms with Crippen LogP contribution < -0.4 is 10.6 Å². The van der Waals surface area contributed by atoms with Crippen LogP contribution in [-0.4, -0.2) is 21.8 Å². The van der Waals surface area contributed by atoms with Crippen molar-refractivity contribution < 1.29 is 4.79 Å². The van der Waals surface area contributed by atoms with E-state index in [1.165, 1.54) is 19.2 Å². The van der Waals surface area contributed by atoms with Crippen molar-refractivity contribution in [2.24, 2.45) is 0 Å². The quantitative estimate of drug-likeness (QED) is 0.816. The Hall–Kier alpha value is -2.43. The lowest BCUT2D eigenvalue weighted by molar-refractivity contribution is 0.101. The smallest absolute Gasteiger partial charge is 0.159 e. The fraction of sp³-hybridized carbons (Fsp3) is 0.267. The first-order valence-corrected chi connectivity index (χ1v) is 6.67. The third-order valence-corrected chi connectivity index (χ3v) is 3.16. The van der Waals surface area contributed by atoms with Gasteiger partial charge in [0.2, 0.25) is 0 Å². The highest BCUT2D eigenvalue weighted by atomic mass is 16.1. The summed E-state index contributed by atoms with van der Waals surface area (Å²) in [5.74, 6) is 1.64. The van der Waals surface area contributed by atoms with Crippen LogP contribution in [0.4, 0.5) is 17.3 Å². The molecule has 0 radical (unpaired) electrons. The first-order chi connectivity index (χ1) is 9.70. The third kappa shape index (κ3) is 3.12. The molecule has 0 aliphatic heterocycles. The summed E-state index contributed by atoms with van der Waals surface area (Å²) >= 11 is 0. The van der Waals surface area contributed by atoms with Gasteiger partial charge in [-0.2, -0.15) is 0 Å². The number of rotatable bonds is 5. The highest BCUT2D eigenvalue weighted by Crippen LogP contribution is 2.24. The molecule has 0 bridgehead atoms. The summed E-state index contributed by atoms with van der Waals surface area (Å²) in [5.41, 5.74) is 1.60. The number of carbonyl (C=O) groups excluding carboxylic acids is 1. The van der Waals surface area contributed by atoms with Crippen LogP contribution in [0.2, 0.25) is 0 Å². The number of hydrogen-bond acceptors (Lipinski definition) is 5. The molecule has 102 valence electrons. The predicted molar refractivity (Wildman–Crippen MR) is 78.4 cm³/mol. The molecular weight excluding hydrogens is 252 g/mol. The minimum atomic E-state index is 0.0644. The second kappa shape index (κ2) is 5.28. The number of nitrogens with zero attached hydrogens (tertiary/aromatic N) is 2. The third-order valence-electron chi connectivity index (χ3n) is 3.16. The number of anilines is 3. The van der Waals surface area contributed by atoms with Crippen molar-refractivity contribution in [3.63, 3.8) is 0 Å². The van der Waals surface area contributed by atoms with Gasteiger partial charge in [-0.3, -0.25) is 4.79 Å². The van der Waals surface area contributed by atoms with Crippen molar-refractivity contribution in [2.45, 2.75) is 25.8 Å². The van der Waals surface area contributed by atoms with Gasteiger partial charge in [-0.05, 0) is 44.0 Å². The van der Waals surface area contributed by atoms with E-state index in [1.807, 2.05) is 18.2 Å². The molecular formula is C15H16N4O. The molecule has 1 aliphatic carbocycles. The predicted octanol–water partition coefficient (Wildman–Crippen LogP) is 3.00. The van der Waals surface area contributed by atoms with Crippen LogP contribution in [0, 0.1) is 0 Å². The molecule has 2 aromatic rings. The maximum Gasteiger partial charge on any atom is 0.159 e. The van der Waals surface area contributed by atoms with Crippen LogP contribution in [0.5, 0.6) is 0 Å². The standard InChI is InChI=1S/C15H16N4O/c1-10(20)11-2-4-12(5-3-11)18-14-8-15(17-9-16-14)19-13-6-7-13/h2-5,8-9,13H,6-7H2,1H3,(H2,16,17,18,19). The topological polar surface area (TPSA) is 66.9 Å². The van der Waals surface area contributed by atoms with E-state index in [0.717, 1.165) is 17.3 Å². The zero-order chi connectivity index (χ0) is 13.9. The van der Waals surface area contributed by atoms with E-state index in [1.54, 1.807) is 19.1 Å². The molecule has 1 saturated carbocycles. The number of aromatic nitrogens is 2. The summed E-state index contributed by atoms with van der Waals surface area (Å²) < 4.78 is 0. The average molecular weight is 268 g/mol. The summed E-state index contributed by atoms with van der Waals surface area (Å²) in [4.78, 5) is 19.6. The maximum atomic E-state index is 11.2. The van der Waals surface area contributed by atoms with Crippen molar-refractivity contribution >= 4 is 23.1 Å². The van der Waals surface area contributed by atoms with Gasteiger partial charge < -0.3 is 10.6 Å². The second-order valence-corrected chi connectivity index (χ2v) is 4.97. The lowest BCUT2D eigenvalue weighted by Gasteiger charge is -2.08. The number of ketones is 1. The Kier molecular flexibility index (Phi) is 3.33. The molecule has 2 N–H and O–H groups in total. The van der Waals surface area contributed by atoms with E-state index in [9.17, 15) is 4.79 Å². The fourth-order valence-corrected chi connectivity index (χ4v) is 1.88. The second-order valence-electron chi connectivity index (χ2n) is 4.97. The van der Waals surface area contributed by atoms with Gasteiger partial charge in [0.25, 0.3) is 0 Å². The van der Waals surface area contributed by atoms with Gasteiger partial charge in [0.1, 0.15) is 18.0 Å². The molecule has 0 unspecified atom stereocenters. The number of carbonyl (C=O) groups is 1. The van der Waals surface area contributed by atoms with Crippen LogP contribution in [0.15, 0.2) is 36.7 Å². The number of nitrogens with one attached hydrogen (secondary N) is 2. The van der Waals surface area contributed by atoms with Crippen LogP contribution in [0.1, 0.15) is 30.1 Å². The minimum absolute atomic E-state index is 0.0644. The van der Waals surface area contributed by atoms with Gasteiger partial charge in [0.15, 0.2) is 5.78 Å². The molecule has 1 fully saturated rings. The van der Waals surface area contributed by atoms with Crippen LogP contribution >= 0.6 is 0 Å². The van der Waals surface area contributed by atoms with E-state index in [4.69, 9.17) is 0 Å². The monoisotopic (exact) mass is 268 g/mol. The normalized spacial score (nSPS) is 13.8. The Labute approximate surface area is 117 Å². The van der Waals surface area contributed by atoms with Gasteiger partial charge in [0.05, 0.1) is 0 Å². The molecule has 20 heavy (non-hydrogen) atoms. The molecule has 3 rings (SSSR count). The Balaban J connectivity index is 1.71. The SMILES string of the molecule is CC(=O)c1ccc(Nc2cc(NC3CC3)ncn2)cc1. The van der Waals surface area contributed by atoms with Crippen LogP contribution in [-0.2, 0) is 0 Å². The summed E-state index contributed by atoms with van der Waals surface area (Å²) in [6.45, 7) is 1.56. The fourth-order valence-electron chi connectivity index (χ4n) is 1.88. The van der Waals surface area contributed by atoms with Gasteiger partial charge in [-0.1, -0.05) is 0 Å². The Morgan fingerprint density at radius 3 is 2.50 bits per heavy atom. The van der Waals surface area contributed by atoms with Crippen LogP contribution in [0.25, 0.3) is 0 Å². The Morgan fingerprint density at radius 2 is 1.85 bits per heavy atom. The zero-order valence-electron chi connectivity index (χ0n) is 11.3. The van der Waals surface area contributed by atoms with Gasteiger partial charge in [-0.15, -0.1) is 0 Å². The van der Waals surface area contributed by atoms with Crippen molar-refractivity contribution in [3.8, 4) is 0 Å². The van der Waals surface area contributed by atoms with E-state index in [-0.39, 0.29) is 5.78 Å². The molecule has 1 heterocycles. The first kappa shape index (κ1) is 12.6. The summed E-state index contributed by atoms with van der Waals surface area (Å²) in [5, 5.41) is 6.53. The molecule has 0 spiro atoms.